The lowest BCUT2D eigenvalue weighted by Crippen LogP contribution is -2.46. The molecule has 1 atom stereocenters. The third kappa shape index (κ3) is 6.46. The molecular formula is C17H23N4O4+. The smallest absolute Gasteiger partial charge is 0.305 e. The molecule has 0 aliphatic rings. The number of rotatable bonds is 9. The van der Waals surface area contributed by atoms with Gasteiger partial charge in [0.1, 0.15) is 0 Å². The minimum atomic E-state index is -1.04. The number of anilines is 1. The number of aliphatic carboxylic acids is 1. The summed E-state index contributed by atoms with van der Waals surface area (Å²) in [6.45, 7) is 3.48. The number of carbonyl (C=O) groups excluding carboxylic acids is 2. The second-order valence-electron chi connectivity index (χ2n) is 5.46. The Morgan fingerprint density at radius 1 is 1.32 bits per heavy atom. The molecule has 0 spiro atoms. The van der Waals surface area contributed by atoms with Crippen LogP contribution in [0.3, 0.4) is 0 Å². The van der Waals surface area contributed by atoms with Gasteiger partial charge in [-0.2, -0.15) is 0 Å². The maximum Gasteiger partial charge on any atom is 0.305 e. The normalized spacial score (nSPS) is 11.2. The van der Waals surface area contributed by atoms with E-state index < -0.39 is 17.9 Å². The van der Waals surface area contributed by atoms with E-state index in [9.17, 15) is 14.4 Å². The number of amidine groups is 1. The molecular weight excluding hydrogens is 324 g/mol. The Balaban J connectivity index is 2.54. The first-order chi connectivity index (χ1) is 11.7. The van der Waals surface area contributed by atoms with Crippen LogP contribution in [0.4, 0.5) is 5.69 Å². The minimum Gasteiger partial charge on any atom is -0.481 e. The van der Waals surface area contributed by atoms with Crippen molar-refractivity contribution < 1.29 is 24.9 Å². The van der Waals surface area contributed by atoms with Gasteiger partial charge in [-0.05, 0) is 24.3 Å². The van der Waals surface area contributed by atoms with Crippen LogP contribution in [0.25, 0.3) is 0 Å². The van der Waals surface area contributed by atoms with Crippen molar-refractivity contribution in [2.45, 2.75) is 25.3 Å². The number of hydrogen-bond acceptors (Lipinski definition) is 3. The van der Waals surface area contributed by atoms with E-state index in [-0.39, 0.29) is 31.0 Å². The summed E-state index contributed by atoms with van der Waals surface area (Å²) in [6.07, 6.45) is 1.04. The summed E-state index contributed by atoms with van der Waals surface area (Å²) >= 11 is 0. The summed E-state index contributed by atoms with van der Waals surface area (Å²) in [5.41, 5.74) is 6.80. The molecule has 6 N–H and O–H groups in total. The summed E-state index contributed by atoms with van der Waals surface area (Å²) in [4.78, 5) is 36.1. The topological polar surface area (TPSA) is 138 Å². The molecule has 0 aliphatic heterocycles. The molecule has 0 radical (unpaired) electrons. The fraction of sp³-hybridized carbons (Fsp3) is 0.294. The van der Waals surface area contributed by atoms with Crippen LogP contribution in [0.15, 0.2) is 36.9 Å². The Labute approximate surface area is 145 Å². The van der Waals surface area contributed by atoms with Gasteiger partial charge in [0.15, 0.2) is 0 Å². The number of carboxylic acid groups (broad SMARTS) is 1. The molecule has 134 valence electrons. The molecule has 0 saturated carbocycles. The molecule has 0 saturated heterocycles. The predicted molar refractivity (Wildman–Crippen MR) is 93.7 cm³/mol. The van der Waals surface area contributed by atoms with Gasteiger partial charge in [0, 0.05) is 25.6 Å². The van der Waals surface area contributed by atoms with Crippen LogP contribution in [-0.2, 0) is 14.4 Å². The third-order valence-electron chi connectivity index (χ3n) is 3.55. The maximum atomic E-state index is 12.2. The van der Waals surface area contributed by atoms with Gasteiger partial charge in [-0.25, -0.2) is 0 Å². The van der Waals surface area contributed by atoms with Crippen LogP contribution in [0.1, 0.15) is 24.8 Å². The molecule has 0 unspecified atom stereocenters. The third-order valence-corrected chi connectivity index (χ3v) is 3.55. The van der Waals surface area contributed by atoms with E-state index in [0.29, 0.717) is 11.3 Å². The number of hydrogen-bond donors (Lipinski definition) is 4. The zero-order valence-corrected chi connectivity index (χ0v) is 14.1. The van der Waals surface area contributed by atoms with Gasteiger partial charge in [0.25, 0.3) is 5.84 Å². The van der Waals surface area contributed by atoms with Gasteiger partial charge in [0.05, 0.1) is 18.0 Å². The number of nitrogens with one attached hydrogen (secondary N) is 1. The number of carboxylic acids is 1. The predicted octanol–water partition coefficient (Wildman–Crippen LogP) is -0.960. The van der Waals surface area contributed by atoms with Crippen molar-refractivity contribution in [3.8, 4) is 0 Å². The monoisotopic (exact) mass is 347 g/mol. The Morgan fingerprint density at radius 3 is 2.40 bits per heavy atom. The lowest BCUT2D eigenvalue weighted by atomic mass is 10.1. The molecule has 25 heavy (non-hydrogen) atoms. The molecule has 1 rings (SSSR count). The van der Waals surface area contributed by atoms with Gasteiger partial charge in [-0.1, -0.05) is 6.08 Å². The Kier molecular flexibility index (Phi) is 7.33. The highest BCUT2D eigenvalue weighted by Gasteiger charge is 2.16. The summed E-state index contributed by atoms with van der Waals surface area (Å²) in [6, 6.07) is 6.13. The van der Waals surface area contributed by atoms with E-state index >= 15 is 0 Å². The summed E-state index contributed by atoms with van der Waals surface area (Å²) in [5, 5.41) is 16.7. The molecule has 8 nitrogen and oxygen atoms in total. The quantitative estimate of drug-likeness (QED) is 0.259. The van der Waals surface area contributed by atoms with Gasteiger partial charge in [-0.3, -0.25) is 25.5 Å². The number of nitrogens with zero attached hydrogens (tertiary/aromatic N) is 1. The number of nitrogens with two attached hydrogens (primary N) is 2. The van der Waals surface area contributed by atoms with Gasteiger partial charge in [-0.15, -0.1) is 6.58 Å². The number of amides is 2. The maximum absolute atomic E-state index is 12.2. The first-order valence-corrected chi connectivity index (χ1v) is 7.63. The SMILES string of the molecule is C=C[C@H](CC(=O)O)NC(=O)CCC(=O)N(C)c1ccc(C(N)=[NH2+])cc1. The summed E-state index contributed by atoms with van der Waals surface area (Å²) in [7, 11) is 1.60. The number of carbonyl (C=O) groups is 3. The van der Waals surface area contributed by atoms with Crippen molar-refractivity contribution in [1.29, 1.82) is 0 Å². The van der Waals surface area contributed by atoms with Crippen LogP contribution in [0, 0.1) is 0 Å². The first kappa shape index (κ1) is 19.9. The van der Waals surface area contributed by atoms with Crippen LogP contribution in [0.5, 0.6) is 0 Å². The molecule has 8 heteroatoms. The van der Waals surface area contributed by atoms with Crippen molar-refractivity contribution in [3.05, 3.63) is 42.5 Å². The second kappa shape index (κ2) is 9.21. The average Bonchev–Trinajstić information content (AvgIpc) is 2.58. The lowest BCUT2D eigenvalue weighted by Gasteiger charge is -2.18. The fourth-order valence-electron chi connectivity index (χ4n) is 2.07. The molecule has 0 fully saturated rings. The summed E-state index contributed by atoms with van der Waals surface area (Å²) in [5.74, 6) is -1.51. The average molecular weight is 347 g/mol. The van der Waals surface area contributed by atoms with Crippen LogP contribution >= 0.6 is 0 Å². The first-order valence-electron chi connectivity index (χ1n) is 7.63. The Hall–Kier alpha value is -3.16. The molecule has 1 aromatic carbocycles. The van der Waals surface area contributed by atoms with Crippen LogP contribution in [0.2, 0.25) is 0 Å². The Morgan fingerprint density at radius 2 is 1.92 bits per heavy atom. The molecule has 0 aliphatic carbocycles. The van der Waals surface area contributed by atoms with E-state index in [2.05, 4.69) is 11.9 Å². The molecule has 1 aromatic rings. The summed E-state index contributed by atoms with van der Waals surface area (Å²) < 4.78 is 0. The molecule has 0 bridgehead atoms. The highest BCUT2D eigenvalue weighted by molar-refractivity contribution is 5.96. The van der Waals surface area contributed by atoms with E-state index in [0.717, 1.165) is 0 Å². The fourth-order valence-corrected chi connectivity index (χ4v) is 2.07. The highest BCUT2D eigenvalue weighted by Crippen LogP contribution is 2.15. The van der Waals surface area contributed by atoms with E-state index in [4.69, 9.17) is 16.2 Å². The second-order valence-corrected chi connectivity index (χ2v) is 5.46. The lowest BCUT2D eigenvalue weighted by molar-refractivity contribution is -0.137. The largest absolute Gasteiger partial charge is 0.481 e. The van der Waals surface area contributed by atoms with Crippen LogP contribution in [-0.4, -0.2) is 41.8 Å². The van der Waals surface area contributed by atoms with Crippen LogP contribution < -0.4 is 21.4 Å². The Bertz CT molecular complexity index is 670. The van der Waals surface area contributed by atoms with Crippen molar-refractivity contribution in [1.82, 2.24) is 5.32 Å². The standard InChI is InChI=1S/C17H22N4O4/c1-3-12(10-16(24)25)20-14(22)8-9-15(23)21(2)13-6-4-11(5-7-13)17(18)19/h3-7,12H,1,8-10H2,2H3,(H3,18,19)(H,20,22)(H,24,25)/p+1/t12-/m1/s1. The van der Waals surface area contributed by atoms with Crippen molar-refractivity contribution in [2.75, 3.05) is 11.9 Å². The molecule has 0 heterocycles. The van der Waals surface area contributed by atoms with Crippen molar-refractivity contribution in [3.63, 3.8) is 0 Å². The van der Waals surface area contributed by atoms with Gasteiger partial charge < -0.3 is 15.3 Å². The number of benzene rings is 1. The zero-order chi connectivity index (χ0) is 19.0. The van der Waals surface area contributed by atoms with Gasteiger partial charge >= 0.3 is 5.97 Å². The van der Waals surface area contributed by atoms with Crippen molar-refractivity contribution >= 4 is 29.3 Å². The molecule has 0 aromatic heterocycles. The highest BCUT2D eigenvalue weighted by atomic mass is 16.4. The van der Waals surface area contributed by atoms with Crippen molar-refractivity contribution in [2.24, 2.45) is 5.73 Å². The van der Waals surface area contributed by atoms with E-state index in [1.807, 2.05) is 0 Å². The molecule has 2 amide bonds. The zero-order valence-electron chi connectivity index (χ0n) is 14.1. The van der Waals surface area contributed by atoms with E-state index in [1.165, 1.54) is 11.0 Å². The minimum absolute atomic E-state index is 0.00777. The van der Waals surface area contributed by atoms with E-state index in [1.54, 1.807) is 31.3 Å². The van der Waals surface area contributed by atoms with Gasteiger partial charge in [0.2, 0.25) is 11.8 Å².